The Morgan fingerprint density at radius 2 is 2.05 bits per heavy atom. The molecule has 0 radical (unpaired) electrons. The molecule has 4 saturated carbocycles. The normalized spacial score (nSPS) is 67.4. The van der Waals surface area contributed by atoms with Crippen molar-refractivity contribution in [3.05, 3.63) is 0 Å². The number of fused-ring (bicyclic) bond motifs is 5. The molecule has 4 fully saturated rings. The molecule has 0 aromatic heterocycles. The van der Waals surface area contributed by atoms with Crippen molar-refractivity contribution in [1.82, 2.24) is 0 Å². The Morgan fingerprint density at radius 3 is 2.90 bits per heavy atom. The molecule has 2 nitrogen and oxygen atoms in total. The van der Waals surface area contributed by atoms with E-state index in [1.165, 1.54) is 0 Å². The highest BCUT2D eigenvalue weighted by Gasteiger charge is 2.56. The summed E-state index contributed by atoms with van der Waals surface area (Å²) in [4.78, 5) is 12.4. The van der Waals surface area contributed by atoms with Gasteiger partial charge >= 0.3 is 0 Å². The van der Waals surface area contributed by atoms with Crippen molar-refractivity contribution in [3.63, 3.8) is 0 Å². The van der Waals surface area contributed by atoms with E-state index < -0.39 is 24.7 Å². The standard InChI is InChI=1S/C18H28O2/c1-18-9-8-14-13-5-3-12(19)10-11(13)2-4-15(14)16(18)6-7-17(18)20/h11-16,19H,2-10H2,1H3/t11-,12-,13+,14-,15-,16+,18+/m1/s1/i3D2,10D2,12D. The van der Waals surface area contributed by atoms with Crippen molar-refractivity contribution in [2.75, 3.05) is 0 Å². The van der Waals surface area contributed by atoms with Crippen molar-refractivity contribution in [1.29, 1.82) is 0 Å². The lowest BCUT2D eigenvalue weighted by Gasteiger charge is -2.54. The van der Waals surface area contributed by atoms with Crippen molar-refractivity contribution >= 4 is 5.78 Å². The molecule has 0 spiro atoms. The Bertz CT molecular complexity index is 604. The van der Waals surface area contributed by atoms with Crippen LogP contribution in [0.1, 0.15) is 71.5 Å². The van der Waals surface area contributed by atoms with Crippen molar-refractivity contribution in [2.45, 2.75) is 70.7 Å². The van der Waals surface area contributed by atoms with Crippen LogP contribution in [0.25, 0.3) is 0 Å². The fourth-order valence-corrected chi connectivity index (χ4v) is 5.83. The van der Waals surface area contributed by atoms with Crippen molar-refractivity contribution < 1.29 is 16.8 Å². The smallest absolute Gasteiger partial charge is 0.139 e. The molecule has 4 aliphatic carbocycles. The van der Waals surface area contributed by atoms with E-state index in [9.17, 15) is 9.90 Å². The highest BCUT2D eigenvalue weighted by molar-refractivity contribution is 5.87. The second-order valence-electron chi connectivity index (χ2n) is 7.57. The Kier molecular flexibility index (Phi) is 2.04. The van der Waals surface area contributed by atoms with Crippen molar-refractivity contribution in [3.8, 4) is 0 Å². The third kappa shape index (κ3) is 1.76. The number of ketones is 1. The predicted molar refractivity (Wildman–Crippen MR) is 78.1 cm³/mol. The quantitative estimate of drug-likeness (QED) is 0.737. The maximum Gasteiger partial charge on any atom is 0.139 e. The number of aliphatic hydroxyl groups is 1. The van der Waals surface area contributed by atoms with Crippen LogP contribution in [0.2, 0.25) is 0 Å². The van der Waals surface area contributed by atoms with Gasteiger partial charge in [-0.3, -0.25) is 4.79 Å². The van der Waals surface area contributed by atoms with E-state index in [1.54, 1.807) is 0 Å². The van der Waals surface area contributed by atoms with Crippen LogP contribution in [0.3, 0.4) is 0 Å². The highest BCUT2D eigenvalue weighted by Crippen LogP contribution is 2.61. The van der Waals surface area contributed by atoms with E-state index in [4.69, 9.17) is 6.85 Å². The van der Waals surface area contributed by atoms with Crippen molar-refractivity contribution in [2.24, 2.45) is 35.0 Å². The lowest BCUT2D eigenvalue weighted by atomic mass is 9.50. The van der Waals surface area contributed by atoms with Gasteiger partial charge in [0, 0.05) is 17.3 Å². The molecule has 2 heteroatoms. The first-order chi connectivity index (χ1) is 11.4. The van der Waals surface area contributed by atoms with Crippen LogP contribution in [-0.4, -0.2) is 17.0 Å². The number of hydrogen-bond donors (Lipinski definition) is 1. The SMILES string of the molecule is [2H]C1([2H])C[C@@H]2[C@H]3CC[C@]4(C)C(=O)CC[C@H]4[C@@H]3CC[C@@H]2C([2H])([2H])[C@]1([2H])O. The van der Waals surface area contributed by atoms with Crippen LogP contribution in [-0.2, 0) is 4.79 Å². The summed E-state index contributed by atoms with van der Waals surface area (Å²) in [5.74, 6) is 0.663. The fourth-order valence-electron chi connectivity index (χ4n) is 5.83. The maximum absolute atomic E-state index is 12.4. The summed E-state index contributed by atoms with van der Waals surface area (Å²) < 4.78 is 41.1. The number of rotatable bonds is 0. The van der Waals surface area contributed by atoms with Gasteiger partial charge in [-0.15, -0.1) is 0 Å². The first-order valence-electron chi connectivity index (χ1n) is 10.7. The topological polar surface area (TPSA) is 37.3 Å². The minimum Gasteiger partial charge on any atom is -0.393 e. The Morgan fingerprint density at radius 1 is 1.20 bits per heavy atom. The summed E-state index contributed by atoms with van der Waals surface area (Å²) in [5.41, 5.74) is -0.239. The van der Waals surface area contributed by atoms with E-state index >= 15 is 0 Å². The summed E-state index contributed by atoms with van der Waals surface area (Å²) in [6.45, 7) is 2.09. The van der Waals surface area contributed by atoms with Crippen LogP contribution in [0.4, 0.5) is 0 Å². The van der Waals surface area contributed by atoms with Crippen LogP contribution in [0, 0.1) is 35.0 Å². The molecule has 1 N–H and O–H groups in total. The summed E-state index contributed by atoms with van der Waals surface area (Å²) in [7, 11) is 0. The second-order valence-corrected chi connectivity index (χ2v) is 7.57. The van der Waals surface area contributed by atoms with E-state index in [1.807, 2.05) is 0 Å². The molecule has 0 saturated heterocycles. The average molecular weight is 281 g/mol. The lowest BCUT2D eigenvalue weighted by molar-refractivity contribution is -0.133. The van der Waals surface area contributed by atoms with Gasteiger partial charge in [0.1, 0.15) is 5.78 Å². The van der Waals surface area contributed by atoms with Crippen LogP contribution >= 0.6 is 0 Å². The molecular weight excluding hydrogens is 248 g/mol. The molecule has 0 heterocycles. The molecule has 7 atom stereocenters. The van der Waals surface area contributed by atoms with E-state index in [2.05, 4.69) is 6.92 Å². The first kappa shape index (κ1) is 8.92. The average Bonchev–Trinajstić information content (AvgIpc) is 2.81. The molecule has 20 heavy (non-hydrogen) atoms. The molecule has 112 valence electrons. The van der Waals surface area contributed by atoms with Crippen LogP contribution < -0.4 is 0 Å². The third-order valence-corrected chi connectivity index (χ3v) is 6.91. The number of Topliss-reactive ketones (excluding diaryl/α,β-unsaturated/α-hetero) is 1. The molecule has 0 amide bonds. The van der Waals surface area contributed by atoms with E-state index in [0.717, 1.165) is 25.7 Å². The van der Waals surface area contributed by atoms with Gasteiger partial charge in [-0.05, 0) is 80.9 Å². The predicted octanol–water partition coefficient (Wildman–Crippen LogP) is 3.57. The zero-order valence-corrected chi connectivity index (χ0v) is 12.2. The van der Waals surface area contributed by atoms with Gasteiger partial charge in [0.15, 0.2) is 0 Å². The van der Waals surface area contributed by atoms with Gasteiger partial charge < -0.3 is 5.11 Å². The van der Waals surface area contributed by atoms with Gasteiger partial charge in [0.2, 0.25) is 0 Å². The second kappa shape index (κ2) is 4.56. The summed E-state index contributed by atoms with van der Waals surface area (Å²) >= 11 is 0. The molecule has 0 aromatic carbocycles. The molecule has 0 bridgehead atoms. The van der Waals surface area contributed by atoms with Gasteiger partial charge in [0.25, 0.3) is 0 Å². The molecule has 0 aromatic rings. The summed E-state index contributed by atoms with van der Waals surface area (Å²) in [6.07, 6.45) is -2.54. The lowest BCUT2D eigenvalue weighted by Crippen LogP contribution is -2.49. The Hall–Kier alpha value is -0.370. The maximum atomic E-state index is 12.4. The van der Waals surface area contributed by atoms with E-state index in [0.29, 0.717) is 30.5 Å². The third-order valence-electron chi connectivity index (χ3n) is 6.91. The summed E-state index contributed by atoms with van der Waals surface area (Å²) in [6, 6.07) is 0. The van der Waals surface area contributed by atoms with Crippen LogP contribution in [0.15, 0.2) is 0 Å². The van der Waals surface area contributed by atoms with Crippen LogP contribution in [0.5, 0.6) is 0 Å². The van der Waals surface area contributed by atoms with Gasteiger partial charge in [-0.1, -0.05) is 6.92 Å². The minimum atomic E-state index is -2.71. The first-order valence-corrected chi connectivity index (χ1v) is 8.19. The van der Waals surface area contributed by atoms with Gasteiger partial charge in [0.05, 0.1) is 7.45 Å². The molecule has 0 unspecified atom stereocenters. The minimum absolute atomic E-state index is 0.0513. The number of carbonyl (C=O) groups excluding carboxylic acids is 1. The molecule has 4 rings (SSSR count). The van der Waals surface area contributed by atoms with Gasteiger partial charge in [-0.2, -0.15) is 0 Å². The fraction of sp³-hybridized carbons (Fsp3) is 0.944. The monoisotopic (exact) mass is 281 g/mol. The summed E-state index contributed by atoms with van der Waals surface area (Å²) in [5, 5.41) is 10.4. The zero-order chi connectivity index (χ0) is 18.4. The number of hydrogen-bond acceptors (Lipinski definition) is 2. The van der Waals surface area contributed by atoms with Gasteiger partial charge in [-0.25, -0.2) is 0 Å². The Labute approximate surface area is 129 Å². The largest absolute Gasteiger partial charge is 0.393 e. The number of carbonyl (C=O) groups is 1. The molecule has 0 aliphatic heterocycles. The van der Waals surface area contributed by atoms with E-state index in [-0.39, 0.29) is 23.7 Å². The molecular formula is C18H28O2. The Balaban J connectivity index is 1.68. The molecule has 4 aliphatic rings. The highest BCUT2D eigenvalue weighted by atomic mass is 16.3. The zero-order valence-electron chi connectivity index (χ0n) is 17.2.